The molecule has 27 heavy (non-hydrogen) atoms. The van der Waals surface area contributed by atoms with Gasteiger partial charge in [0.25, 0.3) is 5.91 Å². The third kappa shape index (κ3) is 3.68. The standard InChI is InChI=1S/C20H13F2N3OS/c21-14-6-4-13(5-7-14)19(26)25(12-16-3-1-2-10-23-16)20-24-17-9-8-15(22)11-18(17)27-20/h1-11H,12H2. The van der Waals surface area contributed by atoms with Crippen molar-refractivity contribution < 1.29 is 13.6 Å². The first kappa shape index (κ1) is 17.2. The van der Waals surface area contributed by atoms with Crippen LogP contribution < -0.4 is 4.90 Å². The molecule has 2 aromatic heterocycles. The number of carbonyl (C=O) groups excluding carboxylic acids is 1. The SMILES string of the molecule is O=C(c1ccc(F)cc1)N(Cc1ccccn1)c1nc2ccc(F)cc2s1. The molecule has 0 aliphatic heterocycles. The van der Waals surface area contributed by atoms with Gasteiger partial charge in [-0.25, -0.2) is 13.8 Å². The van der Waals surface area contributed by atoms with E-state index in [0.717, 1.165) is 0 Å². The number of benzene rings is 2. The average Bonchev–Trinajstić information content (AvgIpc) is 3.10. The Balaban J connectivity index is 1.76. The molecule has 0 saturated carbocycles. The van der Waals surface area contributed by atoms with Crippen molar-refractivity contribution in [1.29, 1.82) is 0 Å². The number of anilines is 1. The molecule has 0 fully saturated rings. The highest BCUT2D eigenvalue weighted by Gasteiger charge is 2.22. The zero-order valence-corrected chi connectivity index (χ0v) is 14.8. The van der Waals surface area contributed by atoms with Gasteiger partial charge in [-0.15, -0.1) is 0 Å². The molecule has 0 spiro atoms. The van der Waals surface area contributed by atoms with E-state index in [9.17, 15) is 13.6 Å². The molecule has 0 aliphatic rings. The van der Waals surface area contributed by atoms with Gasteiger partial charge >= 0.3 is 0 Å². The van der Waals surface area contributed by atoms with E-state index in [4.69, 9.17) is 0 Å². The fourth-order valence-corrected chi connectivity index (χ4v) is 3.62. The number of hydrogen-bond donors (Lipinski definition) is 0. The van der Waals surface area contributed by atoms with E-state index in [2.05, 4.69) is 9.97 Å². The summed E-state index contributed by atoms with van der Waals surface area (Å²) in [4.78, 5) is 23.3. The highest BCUT2D eigenvalue weighted by molar-refractivity contribution is 7.22. The molecule has 0 radical (unpaired) electrons. The van der Waals surface area contributed by atoms with Crippen molar-refractivity contribution in [3.8, 4) is 0 Å². The molecular formula is C20H13F2N3OS. The summed E-state index contributed by atoms with van der Waals surface area (Å²) in [7, 11) is 0. The van der Waals surface area contributed by atoms with Crippen LogP contribution in [0.5, 0.6) is 0 Å². The number of aromatic nitrogens is 2. The van der Waals surface area contributed by atoms with Crippen molar-refractivity contribution in [3.63, 3.8) is 0 Å². The largest absolute Gasteiger partial charge is 0.278 e. The molecule has 4 aromatic rings. The second-order valence-corrected chi connectivity index (χ2v) is 6.84. The molecule has 0 aliphatic carbocycles. The molecule has 0 N–H and O–H groups in total. The Hall–Kier alpha value is -3.19. The van der Waals surface area contributed by atoms with Crippen molar-refractivity contribution in [2.45, 2.75) is 6.54 Å². The third-order valence-electron chi connectivity index (χ3n) is 3.95. The number of amides is 1. The van der Waals surface area contributed by atoms with Crippen molar-refractivity contribution in [1.82, 2.24) is 9.97 Å². The van der Waals surface area contributed by atoms with Gasteiger partial charge in [-0.2, -0.15) is 0 Å². The van der Waals surface area contributed by atoms with E-state index in [-0.39, 0.29) is 18.3 Å². The lowest BCUT2D eigenvalue weighted by Gasteiger charge is -2.19. The number of thiazole rings is 1. The Labute approximate surface area is 157 Å². The molecule has 134 valence electrons. The third-order valence-corrected chi connectivity index (χ3v) is 4.99. The summed E-state index contributed by atoms with van der Waals surface area (Å²) in [6.07, 6.45) is 1.64. The Morgan fingerprint density at radius 2 is 1.78 bits per heavy atom. The molecule has 0 saturated heterocycles. The van der Waals surface area contributed by atoms with Crippen molar-refractivity contribution in [2.24, 2.45) is 0 Å². The average molecular weight is 381 g/mol. The van der Waals surface area contributed by atoms with Crippen molar-refractivity contribution >= 4 is 32.6 Å². The molecule has 0 bridgehead atoms. The number of hydrogen-bond acceptors (Lipinski definition) is 4. The van der Waals surface area contributed by atoms with E-state index in [1.54, 1.807) is 24.4 Å². The molecule has 1 amide bonds. The van der Waals surface area contributed by atoms with Crippen LogP contribution in [0.3, 0.4) is 0 Å². The van der Waals surface area contributed by atoms with Gasteiger partial charge in [-0.3, -0.25) is 14.7 Å². The smallest absolute Gasteiger partial charge is 0.260 e. The summed E-state index contributed by atoms with van der Waals surface area (Å²) in [6, 6.07) is 15.0. The molecule has 7 heteroatoms. The Morgan fingerprint density at radius 1 is 1.00 bits per heavy atom. The topological polar surface area (TPSA) is 46.1 Å². The molecule has 2 heterocycles. The van der Waals surface area contributed by atoms with Crippen LogP contribution in [0.1, 0.15) is 16.1 Å². The second-order valence-electron chi connectivity index (χ2n) is 5.83. The van der Waals surface area contributed by atoms with Gasteiger partial charge in [0.1, 0.15) is 11.6 Å². The van der Waals surface area contributed by atoms with E-state index in [1.165, 1.54) is 52.6 Å². The van der Waals surface area contributed by atoms with Gasteiger partial charge in [-0.05, 0) is 54.6 Å². The highest BCUT2D eigenvalue weighted by Crippen LogP contribution is 2.31. The number of pyridine rings is 1. The van der Waals surface area contributed by atoms with Crippen LogP contribution in [0.25, 0.3) is 10.2 Å². The maximum Gasteiger partial charge on any atom is 0.260 e. The molecule has 4 rings (SSSR count). The Kier molecular flexibility index (Phi) is 4.60. The fraction of sp³-hybridized carbons (Fsp3) is 0.0500. The van der Waals surface area contributed by atoms with Crippen LogP contribution in [-0.4, -0.2) is 15.9 Å². The maximum atomic E-state index is 13.5. The molecule has 0 unspecified atom stereocenters. The summed E-state index contributed by atoms with van der Waals surface area (Å²) in [6.45, 7) is 0.194. The van der Waals surface area contributed by atoms with Crippen LogP contribution in [0.15, 0.2) is 66.9 Å². The van der Waals surface area contributed by atoms with Crippen LogP contribution in [-0.2, 0) is 6.54 Å². The number of carbonyl (C=O) groups is 1. The number of halogens is 2. The number of rotatable bonds is 4. The van der Waals surface area contributed by atoms with Crippen LogP contribution in [0, 0.1) is 11.6 Å². The number of nitrogens with zero attached hydrogens (tertiary/aromatic N) is 3. The quantitative estimate of drug-likeness (QED) is 0.509. The van der Waals surface area contributed by atoms with E-state index in [0.29, 0.717) is 26.6 Å². The van der Waals surface area contributed by atoms with Gasteiger partial charge in [0.15, 0.2) is 5.13 Å². The minimum Gasteiger partial charge on any atom is -0.278 e. The molecule has 0 atom stereocenters. The highest BCUT2D eigenvalue weighted by atomic mass is 32.1. The van der Waals surface area contributed by atoms with Gasteiger partial charge in [-0.1, -0.05) is 17.4 Å². The maximum absolute atomic E-state index is 13.5. The first-order chi connectivity index (χ1) is 13.1. The van der Waals surface area contributed by atoms with E-state index in [1.807, 2.05) is 6.07 Å². The van der Waals surface area contributed by atoms with Crippen LogP contribution in [0.2, 0.25) is 0 Å². The van der Waals surface area contributed by atoms with Crippen LogP contribution >= 0.6 is 11.3 Å². The summed E-state index contributed by atoms with van der Waals surface area (Å²) >= 11 is 1.22. The fourth-order valence-electron chi connectivity index (χ4n) is 2.63. The van der Waals surface area contributed by atoms with Gasteiger partial charge in [0.2, 0.25) is 0 Å². The van der Waals surface area contributed by atoms with Gasteiger partial charge in [0, 0.05) is 11.8 Å². The van der Waals surface area contributed by atoms with Crippen LogP contribution in [0.4, 0.5) is 13.9 Å². The minimum absolute atomic E-state index is 0.194. The predicted octanol–water partition coefficient (Wildman–Crippen LogP) is 4.82. The lowest BCUT2D eigenvalue weighted by molar-refractivity contribution is 0.0985. The Morgan fingerprint density at radius 3 is 2.52 bits per heavy atom. The molecule has 2 aromatic carbocycles. The summed E-state index contributed by atoms with van der Waals surface area (Å²) in [5.41, 5.74) is 1.62. The Bertz CT molecular complexity index is 1100. The predicted molar refractivity (Wildman–Crippen MR) is 101 cm³/mol. The zero-order chi connectivity index (χ0) is 18.8. The summed E-state index contributed by atoms with van der Waals surface area (Å²) in [5, 5.41) is 0.426. The lowest BCUT2D eigenvalue weighted by Crippen LogP contribution is -2.30. The first-order valence-corrected chi connectivity index (χ1v) is 8.95. The normalized spacial score (nSPS) is 10.9. The van der Waals surface area contributed by atoms with Gasteiger partial charge < -0.3 is 0 Å². The second kappa shape index (κ2) is 7.20. The number of fused-ring (bicyclic) bond motifs is 1. The van der Waals surface area contributed by atoms with Crippen molar-refractivity contribution in [2.75, 3.05) is 4.90 Å². The molecule has 4 nitrogen and oxygen atoms in total. The van der Waals surface area contributed by atoms with E-state index >= 15 is 0 Å². The monoisotopic (exact) mass is 381 g/mol. The van der Waals surface area contributed by atoms with E-state index < -0.39 is 5.82 Å². The first-order valence-electron chi connectivity index (χ1n) is 8.13. The lowest BCUT2D eigenvalue weighted by atomic mass is 10.2. The van der Waals surface area contributed by atoms with Crippen molar-refractivity contribution in [3.05, 3.63) is 89.8 Å². The minimum atomic E-state index is -0.418. The summed E-state index contributed by atoms with van der Waals surface area (Å²) in [5.74, 6) is -1.11. The van der Waals surface area contributed by atoms with Gasteiger partial charge in [0.05, 0.1) is 22.5 Å². The zero-order valence-electron chi connectivity index (χ0n) is 14.0. The molecular weight excluding hydrogens is 368 g/mol. The summed E-state index contributed by atoms with van der Waals surface area (Å²) < 4.78 is 27.4.